The van der Waals surface area contributed by atoms with Crippen LogP contribution >= 0.6 is 12.4 Å². The van der Waals surface area contributed by atoms with Gasteiger partial charge < -0.3 is 15.4 Å². The van der Waals surface area contributed by atoms with Crippen LogP contribution in [0.4, 0.5) is 0 Å². The lowest BCUT2D eigenvalue weighted by atomic mass is 9.92. The molecule has 0 radical (unpaired) electrons. The second-order valence-corrected chi connectivity index (χ2v) is 6.91. The molecule has 0 spiro atoms. The molecule has 2 atom stereocenters. The number of carbonyl (C=O) groups is 2. The minimum Gasteiger partial charge on any atom is -0.467 e. The van der Waals surface area contributed by atoms with Crippen molar-refractivity contribution in [2.75, 3.05) is 7.11 Å². The summed E-state index contributed by atoms with van der Waals surface area (Å²) in [5.41, 5.74) is 5.30. The molecule has 27 heavy (non-hydrogen) atoms. The molecule has 1 amide bonds. The van der Waals surface area contributed by atoms with Crippen molar-refractivity contribution in [2.45, 2.75) is 37.9 Å². The molecule has 0 saturated heterocycles. The number of esters is 1. The summed E-state index contributed by atoms with van der Waals surface area (Å²) in [4.78, 5) is 25.2. The number of carbonyl (C=O) groups excluding carboxylic acids is 2. The van der Waals surface area contributed by atoms with Gasteiger partial charge in [-0.2, -0.15) is 0 Å². The Hall–Kier alpha value is -2.37. The average molecular weight is 387 g/mol. The Kier molecular flexibility index (Phi) is 5.82. The Morgan fingerprint density at radius 2 is 1.89 bits per heavy atom. The van der Waals surface area contributed by atoms with Gasteiger partial charge in [0.05, 0.1) is 7.11 Å². The van der Waals surface area contributed by atoms with Crippen molar-refractivity contribution in [2.24, 2.45) is 0 Å². The monoisotopic (exact) mass is 386 g/mol. The van der Waals surface area contributed by atoms with Crippen LogP contribution in [-0.4, -0.2) is 25.0 Å². The molecule has 2 aliphatic rings. The number of aryl methyl sites for hydroxylation is 1. The fraction of sp³-hybridized carbons (Fsp3) is 0.333. The van der Waals surface area contributed by atoms with Gasteiger partial charge in [0.15, 0.2) is 0 Å². The number of rotatable bonds is 4. The molecule has 1 aliphatic heterocycles. The van der Waals surface area contributed by atoms with E-state index >= 15 is 0 Å². The molecule has 142 valence electrons. The van der Waals surface area contributed by atoms with E-state index in [1.54, 1.807) is 0 Å². The second-order valence-electron chi connectivity index (χ2n) is 6.91. The highest BCUT2D eigenvalue weighted by molar-refractivity contribution is 5.97. The van der Waals surface area contributed by atoms with E-state index in [1.165, 1.54) is 18.2 Å². The number of methoxy groups -OCH3 is 1. The quantitative estimate of drug-likeness (QED) is 0.793. The third-order valence-corrected chi connectivity index (χ3v) is 5.42. The number of amides is 1. The van der Waals surface area contributed by atoms with Crippen LogP contribution in [0.1, 0.15) is 45.0 Å². The van der Waals surface area contributed by atoms with Gasteiger partial charge in [0, 0.05) is 24.6 Å². The van der Waals surface area contributed by atoms with Crippen molar-refractivity contribution in [1.29, 1.82) is 0 Å². The number of ether oxygens (including phenoxy) is 1. The van der Waals surface area contributed by atoms with Crippen LogP contribution in [0.5, 0.6) is 0 Å². The molecule has 5 nitrogen and oxygen atoms in total. The van der Waals surface area contributed by atoms with Gasteiger partial charge in [0.2, 0.25) is 0 Å². The minimum absolute atomic E-state index is 0. The zero-order valence-electron chi connectivity index (χ0n) is 15.2. The lowest BCUT2D eigenvalue weighted by Gasteiger charge is -2.23. The van der Waals surface area contributed by atoms with Crippen LogP contribution in [0.2, 0.25) is 0 Å². The molecule has 4 rings (SSSR count). The van der Waals surface area contributed by atoms with E-state index in [0.717, 1.165) is 37.1 Å². The fourth-order valence-corrected chi connectivity index (χ4v) is 4.05. The van der Waals surface area contributed by atoms with Gasteiger partial charge in [0.25, 0.3) is 5.91 Å². The molecule has 0 saturated carbocycles. The molecule has 6 heteroatoms. The summed E-state index contributed by atoms with van der Waals surface area (Å²) in [6.07, 6.45) is 1.74. The number of benzene rings is 2. The molecule has 1 aliphatic carbocycles. The molecular formula is C21H23ClN2O3. The fourth-order valence-electron chi connectivity index (χ4n) is 4.05. The topological polar surface area (TPSA) is 67.4 Å². The van der Waals surface area contributed by atoms with Crippen LogP contribution in [0.15, 0.2) is 42.5 Å². The van der Waals surface area contributed by atoms with Gasteiger partial charge in [-0.25, -0.2) is 4.79 Å². The lowest BCUT2D eigenvalue weighted by molar-refractivity contribution is -0.143. The van der Waals surface area contributed by atoms with Gasteiger partial charge in [-0.05, 0) is 47.2 Å². The first-order valence-corrected chi connectivity index (χ1v) is 8.96. The molecule has 2 unspecified atom stereocenters. The van der Waals surface area contributed by atoms with E-state index in [9.17, 15) is 9.59 Å². The van der Waals surface area contributed by atoms with Crippen molar-refractivity contribution in [1.82, 2.24) is 10.6 Å². The van der Waals surface area contributed by atoms with Crippen LogP contribution in [-0.2, 0) is 29.0 Å². The highest BCUT2D eigenvalue weighted by atomic mass is 35.5. The molecular weight excluding hydrogens is 364 g/mol. The van der Waals surface area contributed by atoms with Gasteiger partial charge >= 0.3 is 5.97 Å². The maximum Gasteiger partial charge on any atom is 0.329 e. The molecule has 2 aromatic carbocycles. The Bertz CT molecular complexity index is 868. The van der Waals surface area contributed by atoms with Crippen molar-refractivity contribution < 1.29 is 14.3 Å². The first kappa shape index (κ1) is 19.4. The zero-order valence-corrected chi connectivity index (χ0v) is 16.0. The predicted molar refractivity (Wildman–Crippen MR) is 105 cm³/mol. The van der Waals surface area contributed by atoms with E-state index < -0.39 is 12.0 Å². The van der Waals surface area contributed by atoms with Gasteiger partial charge in [-0.1, -0.05) is 30.3 Å². The summed E-state index contributed by atoms with van der Waals surface area (Å²) in [6, 6.07) is 13.1. The molecule has 0 bridgehead atoms. The summed E-state index contributed by atoms with van der Waals surface area (Å²) >= 11 is 0. The maximum atomic E-state index is 12.8. The largest absolute Gasteiger partial charge is 0.467 e. The summed E-state index contributed by atoms with van der Waals surface area (Å²) in [5.74, 6) is -0.693. The normalized spacial score (nSPS) is 18.0. The Balaban J connectivity index is 0.00000210. The van der Waals surface area contributed by atoms with E-state index in [1.807, 2.05) is 36.4 Å². The van der Waals surface area contributed by atoms with E-state index in [4.69, 9.17) is 4.74 Å². The Labute approximate surface area is 164 Å². The summed E-state index contributed by atoms with van der Waals surface area (Å²) in [5, 5.41) is 6.20. The predicted octanol–water partition coefficient (Wildman–Crippen LogP) is 2.71. The molecule has 2 aromatic rings. The van der Waals surface area contributed by atoms with E-state index in [0.29, 0.717) is 5.56 Å². The number of halogens is 1. The van der Waals surface area contributed by atoms with Crippen molar-refractivity contribution in [3.8, 4) is 0 Å². The van der Waals surface area contributed by atoms with E-state index in [-0.39, 0.29) is 24.2 Å². The maximum absolute atomic E-state index is 12.8. The first-order chi connectivity index (χ1) is 12.7. The average Bonchev–Trinajstić information content (AvgIpc) is 3.31. The van der Waals surface area contributed by atoms with Crippen molar-refractivity contribution >= 4 is 24.3 Å². The second kappa shape index (κ2) is 8.11. The summed E-state index contributed by atoms with van der Waals surface area (Å²) in [7, 11) is 1.36. The highest BCUT2D eigenvalue weighted by Gasteiger charge is 2.36. The number of hydrogen-bond acceptors (Lipinski definition) is 4. The van der Waals surface area contributed by atoms with Crippen LogP contribution in [0.3, 0.4) is 0 Å². The molecule has 0 fully saturated rings. The third-order valence-electron chi connectivity index (χ3n) is 5.42. The summed E-state index contributed by atoms with van der Waals surface area (Å²) < 4.78 is 4.99. The van der Waals surface area contributed by atoms with Gasteiger partial charge in [-0.15, -0.1) is 12.4 Å². The van der Waals surface area contributed by atoms with Crippen LogP contribution in [0, 0.1) is 0 Å². The standard InChI is InChI=1S/C21H22N2O3.ClH/c1-26-21(25)19(18-9-8-13-4-2-3-5-17(13)18)23-20(24)14-6-7-15-11-22-12-16(15)10-14;/h2-7,10,18-19,22H,8-9,11-12H2,1H3,(H,23,24);1H. The molecule has 0 aromatic heterocycles. The lowest BCUT2D eigenvalue weighted by Crippen LogP contribution is -2.45. The SMILES string of the molecule is COC(=O)C(NC(=O)c1ccc2c(c1)CNC2)C1CCc2ccccc21.Cl. The third kappa shape index (κ3) is 3.70. The van der Waals surface area contributed by atoms with Crippen LogP contribution in [0.25, 0.3) is 0 Å². The Morgan fingerprint density at radius 1 is 1.11 bits per heavy atom. The first-order valence-electron chi connectivity index (χ1n) is 8.96. The van der Waals surface area contributed by atoms with Gasteiger partial charge in [0.1, 0.15) is 6.04 Å². The number of nitrogens with one attached hydrogen (secondary N) is 2. The van der Waals surface area contributed by atoms with Crippen molar-refractivity contribution in [3.05, 3.63) is 70.3 Å². The number of hydrogen-bond donors (Lipinski definition) is 2. The molecule has 1 heterocycles. The number of fused-ring (bicyclic) bond motifs is 2. The minimum atomic E-state index is -0.678. The molecule has 2 N–H and O–H groups in total. The van der Waals surface area contributed by atoms with Crippen LogP contribution < -0.4 is 10.6 Å². The highest BCUT2D eigenvalue weighted by Crippen LogP contribution is 2.35. The van der Waals surface area contributed by atoms with Crippen molar-refractivity contribution in [3.63, 3.8) is 0 Å². The summed E-state index contributed by atoms with van der Waals surface area (Å²) in [6.45, 7) is 1.60. The Morgan fingerprint density at radius 3 is 2.70 bits per heavy atom. The van der Waals surface area contributed by atoms with E-state index in [2.05, 4.69) is 16.7 Å². The smallest absolute Gasteiger partial charge is 0.329 e. The van der Waals surface area contributed by atoms with Gasteiger partial charge in [-0.3, -0.25) is 4.79 Å². The zero-order chi connectivity index (χ0) is 18.1.